The highest BCUT2D eigenvalue weighted by Gasteiger charge is 2.16. The van der Waals surface area contributed by atoms with Crippen molar-refractivity contribution in [2.45, 2.75) is 26.2 Å². The summed E-state index contributed by atoms with van der Waals surface area (Å²) >= 11 is 0. The first-order valence-electron chi connectivity index (χ1n) is 12.7. The molecule has 1 saturated heterocycles. The number of hydrogen-bond acceptors (Lipinski definition) is 10. The van der Waals surface area contributed by atoms with Crippen molar-refractivity contribution in [2.75, 3.05) is 35.3 Å². The Morgan fingerprint density at radius 1 is 0.974 bits per heavy atom. The predicted octanol–water partition coefficient (Wildman–Crippen LogP) is 5.49. The number of hydrazone groups is 1. The fourth-order valence-corrected chi connectivity index (χ4v) is 4.07. The van der Waals surface area contributed by atoms with E-state index in [2.05, 4.69) is 35.7 Å². The zero-order valence-corrected chi connectivity index (χ0v) is 21.1. The Balaban J connectivity index is 1.29. The minimum atomic E-state index is -0.346. The number of anilines is 4. The Morgan fingerprint density at radius 3 is 2.50 bits per heavy atom. The van der Waals surface area contributed by atoms with Gasteiger partial charge in [-0.25, -0.2) is 10.2 Å². The second-order valence-corrected chi connectivity index (χ2v) is 8.69. The van der Waals surface area contributed by atoms with Crippen LogP contribution in [0.1, 0.15) is 42.3 Å². The van der Waals surface area contributed by atoms with Gasteiger partial charge in [-0.2, -0.15) is 20.1 Å². The van der Waals surface area contributed by atoms with Crippen molar-refractivity contribution in [2.24, 2.45) is 5.10 Å². The summed E-state index contributed by atoms with van der Waals surface area (Å²) in [7, 11) is 0. The van der Waals surface area contributed by atoms with E-state index in [0.717, 1.165) is 37.2 Å². The Hall–Kier alpha value is -4.73. The van der Waals surface area contributed by atoms with Crippen molar-refractivity contribution in [3.05, 3.63) is 78.1 Å². The van der Waals surface area contributed by atoms with Crippen LogP contribution in [0.5, 0.6) is 0 Å². The largest absolute Gasteiger partial charge is 0.462 e. The van der Waals surface area contributed by atoms with Gasteiger partial charge in [0.1, 0.15) is 11.5 Å². The molecule has 0 unspecified atom stereocenters. The molecule has 0 bridgehead atoms. The molecule has 2 aromatic carbocycles. The predicted molar refractivity (Wildman–Crippen MR) is 147 cm³/mol. The lowest BCUT2D eigenvalue weighted by Crippen LogP contribution is -2.31. The van der Waals surface area contributed by atoms with Gasteiger partial charge < -0.3 is 19.4 Å². The van der Waals surface area contributed by atoms with Crippen molar-refractivity contribution in [3.63, 3.8) is 0 Å². The minimum absolute atomic E-state index is 0.330. The SMILES string of the molecule is CCOC(=O)c1ccc(-c2ccc(/C=N\Nc3nc(Nc4ccccc4)nc(N4CCCCC4)n3)o2)cc1. The molecule has 10 heteroatoms. The lowest BCUT2D eigenvalue weighted by atomic mass is 10.1. The highest BCUT2D eigenvalue weighted by molar-refractivity contribution is 5.90. The van der Waals surface area contributed by atoms with Crippen molar-refractivity contribution in [1.29, 1.82) is 0 Å². The molecule has 0 aliphatic carbocycles. The molecule has 3 heterocycles. The van der Waals surface area contributed by atoms with Crippen molar-refractivity contribution < 1.29 is 13.9 Å². The highest BCUT2D eigenvalue weighted by atomic mass is 16.5. The Kier molecular flexibility index (Phi) is 7.88. The van der Waals surface area contributed by atoms with Crippen LogP contribution in [0.25, 0.3) is 11.3 Å². The Labute approximate surface area is 220 Å². The van der Waals surface area contributed by atoms with E-state index in [1.807, 2.05) is 54.6 Å². The average Bonchev–Trinajstić information content (AvgIpc) is 3.43. The van der Waals surface area contributed by atoms with Gasteiger partial charge in [-0.3, -0.25) is 0 Å². The molecule has 4 aromatic rings. The third-order valence-electron chi connectivity index (χ3n) is 5.96. The fourth-order valence-electron chi connectivity index (χ4n) is 4.07. The number of rotatable bonds is 9. The standard InChI is InChI=1S/C28H29N7O3/c1-2-37-25(36)21-13-11-20(12-14-21)24-16-15-23(38-24)19-29-34-27-31-26(30-22-9-5-3-6-10-22)32-28(33-27)35-17-7-4-8-18-35/h3,5-6,9-16,19H,2,4,7-8,17-18H2,1H3,(H2,30,31,32,33,34)/b29-19-. The number of piperidine rings is 1. The maximum Gasteiger partial charge on any atom is 0.338 e. The molecule has 1 aliphatic rings. The summed E-state index contributed by atoms with van der Waals surface area (Å²) in [6.07, 6.45) is 5.00. The zero-order valence-electron chi connectivity index (χ0n) is 21.1. The van der Waals surface area contributed by atoms with Crippen LogP contribution in [0, 0.1) is 0 Å². The van der Waals surface area contributed by atoms with E-state index >= 15 is 0 Å². The number of nitrogens with zero attached hydrogens (tertiary/aromatic N) is 5. The van der Waals surface area contributed by atoms with Crippen LogP contribution >= 0.6 is 0 Å². The minimum Gasteiger partial charge on any atom is -0.462 e. The third kappa shape index (κ3) is 6.33. The van der Waals surface area contributed by atoms with Gasteiger partial charge in [-0.05, 0) is 62.6 Å². The van der Waals surface area contributed by atoms with Crippen LogP contribution in [0.4, 0.5) is 23.5 Å². The molecular formula is C28H29N7O3. The van der Waals surface area contributed by atoms with Crippen LogP contribution in [0.3, 0.4) is 0 Å². The summed E-state index contributed by atoms with van der Waals surface area (Å²) in [5.74, 6) is 2.25. The first kappa shape index (κ1) is 24.9. The van der Waals surface area contributed by atoms with Gasteiger partial charge in [-0.1, -0.05) is 30.3 Å². The zero-order chi connectivity index (χ0) is 26.2. The quantitative estimate of drug-likeness (QED) is 0.171. The van der Waals surface area contributed by atoms with Crippen molar-refractivity contribution in [3.8, 4) is 11.3 Å². The number of esters is 1. The summed E-state index contributed by atoms with van der Waals surface area (Å²) in [5.41, 5.74) is 5.13. The summed E-state index contributed by atoms with van der Waals surface area (Å²) in [6, 6.07) is 20.5. The molecule has 10 nitrogen and oxygen atoms in total. The number of carbonyl (C=O) groups is 1. The number of hydrogen-bond donors (Lipinski definition) is 2. The summed E-state index contributed by atoms with van der Waals surface area (Å²) < 4.78 is 10.9. The topological polar surface area (TPSA) is 118 Å². The number of furan rings is 1. The third-order valence-corrected chi connectivity index (χ3v) is 5.96. The van der Waals surface area contributed by atoms with Gasteiger partial charge in [0.15, 0.2) is 0 Å². The molecule has 194 valence electrons. The van der Waals surface area contributed by atoms with Crippen molar-refractivity contribution in [1.82, 2.24) is 15.0 Å². The first-order valence-corrected chi connectivity index (χ1v) is 12.7. The number of ether oxygens (including phenoxy) is 1. The summed E-state index contributed by atoms with van der Waals surface area (Å²) in [5, 5.41) is 7.53. The molecule has 0 amide bonds. The normalized spacial score (nSPS) is 13.4. The molecule has 2 aromatic heterocycles. The van der Waals surface area contributed by atoms with Gasteiger partial charge in [0.2, 0.25) is 17.8 Å². The van der Waals surface area contributed by atoms with Gasteiger partial charge >= 0.3 is 5.97 Å². The second kappa shape index (κ2) is 12.0. The molecule has 2 N–H and O–H groups in total. The average molecular weight is 512 g/mol. The van der Waals surface area contributed by atoms with E-state index in [0.29, 0.717) is 41.5 Å². The van der Waals surface area contributed by atoms with Gasteiger partial charge in [-0.15, -0.1) is 0 Å². The van der Waals surface area contributed by atoms with E-state index in [9.17, 15) is 4.79 Å². The lowest BCUT2D eigenvalue weighted by molar-refractivity contribution is 0.0526. The van der Waals surface area contributed by atoms with E-state index in [1.165, 1.54) is 6.42 Å². The molecule has 5 rings (SSSR count). The Bertz CT molecular complexity index is 1380. The summed E-state index contributed by atoms with van der Waals surface area (Å²) in [4.78, 5) is 27.7. The van der Waals surface area contributed by atoms with E-state index in [-0.39, 0.29) is 5.97 Å². The number of aromatic nitrogens is 3. The van der Waals surface area contributed by atoms with Crippen LogP contribution < -0.4 is 15.6 Å². The number of benzene rings is 2. The van der Waals surface area contributed by atoms with Crippen LogP contribution in [0.15, 0.2) is 76.2 Å². The molecular weight excluding hydrogens is 482 g/mol. The molecule has 38 heavy (non-hydrogen) atoms. The maximum atomic E-state index is 11.9. The van der Waals surface area contributed by atoms with E-state index in [1.54, 1.807) is 25.3 Å². The van der Waals surface area contributed by atoms with Crippen LogP contribution in [0.2, 0.25) is 0 Å². The number of nitrogens with one attached hydrogen (secondary N) is 2. The highest BCUT2D eigenvalue weighted by Crippen LogP contribution is 2.23. The van der Waals surface area contributed by atoms with Crippen LogP contribution in [-0.4, -0.2) is 46.8 Å². The van der Waals surface area contributed by atoms with Gasteiger partial charge in [0, 0.05) is 24.3 Å². The number of carbonyl (C=O) groups excluding carboxylic acids is 1. The van der Waals surface area contributed by atoms with E-state index in [4.69, 9.17) is 9.15 Å². The molecule has 0 radical (unpaired) electrons. The van der Waals surface area contributed by atoms with Gasteiger partial charge in [0.25, 0.3) is 0 Å². The maximum absolute atomic E-state index is 11.9. The molecule has 0 saturated carbocycles. The smallest absolute Gasteiger partial charge is 0.338 e. The number of para-hydroxylation sites is 1. The first-order chi connectivity index (χ1) is 18.7. The fraction of sp³-hybridized carbons (Fsp3) is 0.250. The van der Waals surface area contributed by atoms with E-state index < -0.39 is 0 Å². The van der Waals surface area contributed by atoms with Crippen molar-refractivity contribution >= 4 is 35.7 Å². The molecule has 0 atom stereocenters. The molecule has 0 spiro atoms. The molecule has 1 aliphatic heterocycles. The summed E-state index contributed by atoms with van der Waals surface area (Å²) in [6.45, 7) is 3.94. The second-order valence-electron chi connectivity index (χ2n) is 8.69. The monoisotopic (exact) mass is 511 g/mol. The lowest BCUT2D eigenvalue weighted by Gasteiger charge is -2.26. The van der Waals surface area contributed by atoms with Gasteiger partial charge in [0.05, 0.1) is 18.4 Å². The van der Waals surface area contributed by atoms with Crippen LogP contribution in [-0.2, 0) is 4.74 Å². The Morgan fingerprint density at radius 2 is 1.74 bits per heavy atom. The molecule has 1 fully saturated rings.